The molecule has 1 rings (SSSR count). The molecule has 1 amide bonds. The molecule has 3 heteroatoms. The van der Waals surface area contributed by atoms with Gasteiger partial charge in [0.15, 0.2) is 0 Å². The molecular formula is C13H20N2O. The van der Waals surface area contributed by atoms with Crippen LogP contribution in [-0.2, 0) is 4.79 Å². The van der Waals surface area contributed by atoms with Gasteiger partial charge >= 0.3 is 0 Å². The maximum atomic E-state index is 11.9. The Morgan fingerprint density at radius 1 is 1.31 bits per heavy atom. The van der Waals surface area contributed by atoms with Gasteiger partial charge in [-0.15, -0.1) is 0 Å². The first-order valence-electron chi connectivity index (χ1n) is 5.42. The maximum absolute atomic E-state index is 11.9. The number of carbonyl (C=O) groups excluding carboxylic acids is 1. The van der Waals surface area contributed by atoms with Gasteiger partial charge in [-0.05, 0) is 32.9 Å². The van der Waals surface area contributed by atoms with Gasteiger partial charge < -0.3 is 10.6 Å². The van der Waals surface area contributed by atoms with Crippen molar-refractivity contribution >= 4 is 11.6 Å². The number of nitrogens with two attached hydrogens (primary N) is 1. The van der Waals surface area contributed by atoms with E-state index in [0.29, 0.717) is 6.42 Å². The highest BCUT2D eigenvalue weighted by Gasteiger charge is 2.19. The fourth-order valence-corrected chi connectivity index (χ4v) is 1.42. The van der Waals surface area contributed by atoms with Crippen molar-refractivity contribution in [1.82, 2.24) is 0 Å². The Labute approximate surface area is 97.2 Å². The lowest BCUT2D eigenvalue weighted by molar-refractivity contribution is -0.119. The second-order valence-corrected chi connectivity index (χ2v) is 4.95. The summed E-state index contributed by atoms with van der Waals surface area (Å²) in [4.78, 5) is 13.5. The molecule has 0 aliphatic heterocycles. The van der Waals surface area contributed by atoms with Crippen molar-refractivity contribution in [3.8, 4) is 0 Å². The van der Waals surface area contributed by atoms with Crippen LogP contribution in [0.4, 0.5) is 5.69 Å². The maximum Gasteiger partial charge on any atom is 0.228 e. The summed E-state index contributed by atoms with van der Waals surface area (Å²) in [7, 11) is 1.78. The van der Waals surface area contributed by atoms with Gasteiger partial charge in [0, 0.05) is 24.7 Å². The number of amides is 1. The first-order valence-corrected chi connectivity index (χ1v) is 5.42. The Hall–Kier alpha value is -1.35. The van der Waals surface area contributed by atoms with Crippen LogP contribution < -0.4 is 10.6 Å². The zero-order valence-corrected chi connectivity index (χ0v) is 10.4. The van der Waals surface area contributed by atoms with Crippen molar-refractivity contribution in [3.63, 3.8) is 0 Å². The SMILES string of the molecule is Cc1ccc(N(C)C(=O)CC(C)(C)N)cc1. The summed E-state index contributed by atoms with van der Waals surface area (Å²) in [6.45, 7) is 5.73. The van der Waals surface area contributed by atoms with Crippen LogP contribution in [-0.4, -0.2) is 18.5 Å². The van der Waals surface area contributed by atoms with Crippen LogP contribution in [0, 0.1) is 6.92 Å². The number of aryl methyl sites for hydroxylation is 1. The minimum absolute atomic E-state index is 0.0383. The Kier molecular flexibility index (Phi) is 3.70. The molecule has 16 heavy (non-hydrogen) atoms. The lowest BCUT2D eigenvalue weighted by Gasteiger charge is -2.23. The summed E-state index contributed by atoms with van der Waals surface area (Å²) in [5.74, 6) is 0.0383. The minimum atomic E-state index is -0.462. The van der Waals surface area contributed by atoms with Gasteiger partial charge in [-0.2, -0.15) is 0 Å². The molecule has 0 bridgehead atoms. The summed E-state index contributed by atoms with van der Waals surface area (Å²) in [5.41, 5.74) is 7.45. The van der Waals surface area contributed by atoms with Crippen LogP contribution in [0.5, 0.6) is 0 Å². The van der Waals surface area contributed by atoms with Gasteiger partial charge in [0.05, 0.1) is 0 Å². The molecule has 0 saturated heterocycles. The first-order chi connectivity index (χ1) is 7.29. The third-order valence-corrected chi connectivity index (χ3v) is 2.40. The number of rotatable bonds is 3. The third kappa shape index (κ3) is 3.66. The second kappa shape index (κ2) is 4.66. The molecular weight excluding hydrogens is 200 g/mol. The number of nitrogens with zero attached hydrogens (tertiary/aromatic N) is 1. The predicted molar refractivity (Wildman–Crippen MR) is 67.5 cm³/mol. The van der Waals surface area contributed by atoms with Gasteiger partial charge in [-0.1, -0.05) is 17.7 Å². The molecule has 0 aromatic heterocycles. The van der Waals surface area contributed by atoms with Gasteiger partial charge in [-0.25, -0.2) is 0 Å². The zero-order chi connectivity index (χ0) is 12.3. The fraction of sp³-hybridized carbons (Fsp3) is 0.462. The molecule has 0 saturated carbocycles. The summed E-state index contributed by atoms with van der Waals surface area (Å²) in [6.07, 6.45) is 0.345. The van der Waals surface area contributed by atoms with Gasteiger partial charge in [0.2, 0.25) is 5.91 Å². The van der Waals surface area contributed by atoms with Gasteiger partial charge in [0.25, 0.3) is 0 Å². The quantitative estimate of drug-likeness (QED) is 0.847. The van der Waals surface area contributed by atoms with Crippen LogP contribution in [0.1, 0.15) is 25.8 Å². The fourth-order valence-electron chi connectivity index (χ4n) is 1.42. The van der Waals surface area contributed by atoms with Crippen LogP contribution in [0.25, 0.3) is 0 Å². The van der Waals surface area contributed by atoms with Crippen molar-refractivity contribution in [2.45, 2.75) is 32.7 Å². The average Bonchev–Trinajstić information content (AvgIpc) is 2.15. The van der Waals surface area contributed by atoms with Crippen LogP contribution in [0.2, 0.25) is 0 Å². The summed E-state index contributed by atoms with van der Waals surface area (Å²) < 4.78 is 0. The van der Waals surface area contributed by atoms with Crippen LogP contribution in [0.15, 0.2) is 24.3 Å². The molecule has 0 heterocycles. The molecule has 0 aliphatic rings. The highest BCUT2D eigenvalue weighted by atomic mass is 16.2. The van der Waals surface area contributed by atoms with E-state index in [1.165, 1.54) is 5.56 Å². The Morgan fingerprint density at radius 3 is 2.25 bits per heavy atom. The summed E-state index contributed by atoms with van der Waals surface area (Å²) in [5, 5.41) is 0. The summed E-state index contributed by atoms with van der Waals surface area (Å²) in [6, 6.07) is 7.87. The number of carbonyl (C=O) groups is 1. The Bertz CT molecular complexity index is 363. The summed E-state index contributed by atoms with van der Waals surface area (Å²) >= 11 is 0. The largest absolute Gasteiger partial charge is 0.325 e. The van der Waals surface area contributed by atoms with E-state index in [9.17, 15) is 4.79 Å². The number of hydrogen-bond acceptors (Lipinski definition) is 2. The smallest absolute Gasteiger partial charge is 0.228 e. The van der Waals surface area contributed by atoms with E-state index in [1.807, 2.05) is 45.0 Å². The second-order valence-electron chi connectivity index (χ2n) is 4.95. The van der Waals surface area contributed by atoms with E-state index >= 15 is 0 Å². The highest BCUT2D eigenvalue weighted by molar-refractivity contribution is 5.93. The topological polar surface area (TPSA) is 46.3 Å². The van der Waals surface area contributed by atoms with E-state index in [1.54, 1.807) is 11.9 Å². The predicted octanol–water partition coefficient (Wildman–Crippen LogP) is 2.09. The molecule has 1 aromatic carbocycles. The van der Waals surface area contributed by atoms with E-state index in [2.05, 4.69) is 0 Å². The lowest BCUT2D eigenvalue weighted by Crippen LogP contribution is -2.39. The average molecular weight is 220 g/mol. The number of anilines is 1. The van der Waals surface area contributed by atoms with E-state index in [-0.39, 0.29) is 5.91 Å². The molecule has 88 valence electrons. The minimum Gasteiger partial charge on any atom is -0.325 e. The molecule has 0 fully saturated rings. The molecule has 0 spiro atoms. The number of benzene rings is 1. The Balaban J connectivity index is 2.74. The van der Waals surface area contributed by atoms with Crippen molar-refractivity contribution < 1.29 is 4.79 Å². The standard InChI is InChI=1S/C13H20N2O/c1-10-5-7-11(8-6-10)15(4)12(16)9-13(2,3)14/h5-8H,9,14H2,1-4H3. The molecule has 2 N–H and O–H groups in total. The third-order valence-electron chi connectivity index (χ3n) is 2.40. The van der Waals surface area contributed by atoms with Crippen molar-refractivity contribution in [2.24, 2.45) is 5.73 Å². The van der Waals surface area contributed by atoms with E-state index in [0.717, 1.165) is 5.69 Å². The first kappa shape index (κ1) is 12.7. The van der Waals surface area contributed by atoms with Crippen molar-refractivity contribution in [1.29, 1.82) is 0 Å². The molecule has 0 aliphatic carbocycles. The molecule has 0 unspecified atom stereocenters. The van der Waals surface area contributed by atoms with Crippen molar-refractivity contribution in [3.05, 3.63) is 29.8 Å². The highest BCUT2D eigenvalue weighted by Crippen LogP contribution is 2.16. The van der Waals surface area contributed by atoms with Crippen LogP contribution in [0.3, 0.4) is 0 Å². The van der Waals surface area contributed by atoms with E-state index < -0.39 is 5.54 Å². The molecule has 0 atom stereocenters. The lowest BCUT2D eigenvalue weighted by atomic mass is 10.0. The number of hydrogen-bond donors (Lipinski definition) is 1. The molecule has 0 radical (unpaired) electrons. The van der Waals surface area contributed by atoms with Crippen LogP contribution >= 0.6 is 0 Å². The normalized spacial score (nSPS) is 11.3. The van der Waals surface area contributed by atoms with Gasteiger partial charge in [0.1, 0.15) is 0 Å². The molecule has 1 aromatic rings. The monoisotopic (exact) mass is 220 g/mol. The zero-order valence-electron chi connectivity index (χ0n) is 10.4. The van der Waals surface area contributed by atoms with E-state index in [4.69, 9.17) is 5.73 Å². The van der Waals surface area contributed by atoms with Gasteiger partial charge in [-0.3, -0.25) is 4.79 Å². The Morgan fingerprint density at radius 2 is 1.81 bits per heavy atom. The van der Waals surface area contributed by atoms with Crippen molar-refractivity contribution in [2.75, 3.05) is 11.9 Å². The molecule has 3 nitrogen and oxygen atoms in total.